The number of halogens is 1. The van der Waals surface area contributed by atoms with Gasteiger partial charge in [0.1, 0.15) is 12.4 Å². The van der Waals surface area contributed by atoms with Crippen LogP contribution in [0.2, 0.25) is 0 Å². The molecule has 0 bridgehead atoms. The van der Waals surface area contributed by atoms with Crippen LogP contribution in [0.25, 0.3) is 11.0 Å². The number of carbonyl (C=O) groups excluding carboxylic acids is 1. The molecule has 1 aromatic carbocycles. The molecule has 0 radical (unpaired) electrons. The summed E-state index contributed by atoms with van der Waals surface area (Å²) in [6.45, 7) is 2.09. The molecule has 5 heteroatoms. The predicted molar refractivity (Wildman–Crippen MR) is 63.2 cm³/mol. The number of aryl methyl sites for hydroxylation is 1. The second kappa shape index (κ2) is 4.14. The summed E-state index contributed by atoms with van der Waals surface area (Å²) in [4.78, 5) is 15.4. The van der Waals surface area contributed by atoms with E-state index in [4.69, 9.17) is 17.3 Å². The summed E-state index contributed by atoms with van der Waals surface area (Å²) in [5, 5.41) is 0. The molecule has 84 valence electrons. The molecule has 0 saturated carbocycles. The number of rotatable bonds is 3. The number of alkyl halides is 1. The number of carbonyl (C=O) groups is 1. The van der Waals surface area contributed by atoms with E-state index in [2.05, 4.69) is 4.98 Å². The van der Waals surface area contributed by atoms with Gasteiger partial charge in [0.2, 0.25) is 5.91 Å². The molecular weight excluding hydrogens is 226 g/mol. The number of nitrogens with zero attached hydrogens (tertiary/aromatic N) is 2. The van der Waals surface area contributed by atoms with Gasteiger partial charge < -0.3 is 10.3 Å². The van der Waals surface area contributed by atoms with Gasteiger partial charge in [0.15, 0.2) is 0 Å². The Morgan fingerprint density at radius 1 is 1.56 bits per heavy atom. The van der Waals surface area contributed by atoms with E-state index in [1.807, 2.05) is 25.1 Å². The fourth-order valence-electron chi connectivity index (χ4n) is 1.84. The van der Waals surface area contributed by atoms with Gasteiger partial charge in [0, 0.05) is 0 Å². The van der Waals surface area contributed by atoms with Crippen molar-refractivity contribution >= 4 is 28.5 Å². The number of benzene rings is 1. The maximum Gasteiger partial charge on any atom is 0.237 e. The number of nitrogens with two attached hydrogens (primary N) is 1. The van der Waals surface area contributed by atoms with Crippen LogP contribution >= 0.6 is 11.6 Å². The zero-order valence-electron chi connectivity index (χ0n) is 8.90. The topological polar surface area (TPSA) is 60.9 Å². The number of imidazole rings is 1. The van der Waals surface area contributed by atoms with E-state index in [0.717, 1.165) is 16.6 Å². The van der Waals surface area contributed by atoms with Crippen molar-refractivity contribution in [1.29, 1.82) is 0 Å². The summed E-state index contributed by atoms with van der Waals surface area (Å²) in [6.07, 6.45) is 0. The highest BCUT2D eigenvalue weighted by atomic mass is 35.5. The van der Waals surface area contributed by atoms with E-state index in [1.165, 1.54) is 0 Å². The Hall–Kier alpha value is -1.55. The number of hydrogen-bond acceptors (Lipinski definition) is 2. The second-order valence-corrected chi connectivity index (χ2v) is 3.92. The number of hydrogen-bond donors (Lipinski definition) is 1. The largest absolute Gasteiger partial charge is 0.368 e. The molecule has 0 aliphatic carbocycles. The van der Waals surface area contributed by atoms with Crippen LogP contribution in [0.4, 0.5) is 0 Å². The summed E-state index contributed by atoms with van der Waals surface area (Å²) < 4.78 is 1.78. The molecule has 1 amide bonds. The number of amides is 1. The minimum atomic E-state index is -0.395. The lowest BCUT2D eigenvalue weighted by molar-refractivity contribution is -0.118. The number of primary amides is 1. The quantitative estimate of drug-likeness (QED) is 0.824. The van der Waals surface area contributed by atoms with Crippen molar-refractivity contribution in [3.63, 3.8) is 0 Å². The minimum absolute atomic E-state index is 0.114. The van der Waals surface area contributed by atoms with Crippen LogP contribution in [0.3, 0.4) is 0 Å². The van der Waals surface area contributed by atoms with Crippen molar-refractivity contribution < 1.29 is 4.79 Å². The van der Waals surface area contributed by atoms with Crippen LogP contribution in [0, 0.1) is 6.92 Å². The average molecular weight is 238 g/mol. The van der Waals surface area contributed by atoms with Crippen LogP contribution in [-0.2, 0) is 17.2 Å². The fourth-order valence-corrected chi connectivity index (χ4v) is 2.05. The van der Waals surface area contributed by atoms with Crippen molar-refractivity contribution in [3.8, 4) is 0 Å². The Balaban J connectivity index is 2.70. The van der Waals surface area contributed by atoms with Crippen molar-refractivity contribution in [1.82, 2.24) is 9.55 Å². The molecule has 16 heavy (non-hydrogen) atoms. The first-order chi connectivity index (χ1) is 7.63. The van der Waals surface area contributed by atoms with Gasteiger partial charge in [0.05, 0.1) is 16.9 Å². The zero-order valence-corrected chi connectivity index (χ0v) is 9.66. The number of fused-ring (bicyclic) bond motifs is 1. The van der Waals surface area contributed by atoms with Crippen molar-refractivity contribution in [3.05, 3.63) is 29.6 Å². The van der Waals surface area contributed by atoms with Gasteiger partial charge in [-0.25, -0.2) is 4.98 Å². The van der Waals surface area contributed by atoms with Crippen LogP contribution in [0.5, 0.6) is 0 Å². The van der Waals surface area contributed by atoms with E-state index in [0.29, 0.717) is 5.82 Å². The summed E-state index contributed by atoms with van der Waals surface area (Å²) in [6, 6.07) is 5.80. The van der Waals surface area contributed by atoms with Crippen LogP contribution < -0.4 is 5.73 Å². The predicted octanol–water partition coefficient (Wildman–Crippen LogP) is 1.57. The summed E-state index contributed by atoms with van der Waals surface area (Å²) in [5.74, 6) is 0.542. The van der Waals surface area contributed by atoms with Crippen LogP contribution in [0.1, 0.15) is 11.4 Å². The van der Waals surface area contributed by atoms with Gasteiger partial charge in [0.25, 0.3) is 0 Å². The maximum atomic E-state index is 11.0. The highest BCUT2D eigenvalue weighted by molar-refractivity contribution is 6.16. The molecule has 1 heterocycles. The van der Waals surface area contributed by atoms with Crippen molar-refractivity contribution in [2.75, 3.05) is 0 Å². The SMILES string of the molecule is Cc1cccc2nc(CCl)n(CC(N)=O)c12. The molecule has 2 N–H and O–H groups in total. The third-order valence-electron chi connectivity index (χ3n) is 2.48. The Morgan fingerprint density at radius 2 is 2.31 bits per heavy atom. The van der Waals surface area contributed by atoms with Crippen LogP contribution in [-0.4, -0.2) is 15.5 Å². The molecular formula is C11H12ClN3O. The first kappa shape index (κ1) is 11.0. The molecule has 4 nitrogen and oxygen atoms in total. The Morgan fingerprint density at radius 3 is 2.94 bits per heavy atom. The molecule has 2 rings (SSSR count). The summed E-state index contributed by atoms with van der Waals surface area (Å²) in [5.41, 5.74) is 8.05. The zero-order chi connectivity index (χ0) is 11.7. The number of aromatic nitrogens is 2. The Labute approximate surface area is 98.0 Å². The first-order valence-corrected chi connectivity index (χ1v) is 5.46. The third kappa shape index (κ3) is 1.76. The van der Waals surface area contributed by atoms with E-state index < -0.39 is 5.91 Å². The molecule has 0 aliphatic heterocycles. The van der Waals surface area contributed by atoms with Gasteiger partial charge in [-0.3, -0.25) is 4.79 Å². The lowest BCUT2D eigenvalue weighted by Crippen LogP contribution is -2.20. The van der Waals surface area contributed by atoms with Gasteiger partial charge in [-0.05, 0) is 18.6 Å². The first-order valence-electron chi connectivity index (χ1n) is 4.92. The van der Waals surface area contributed by atoms with Crippen molar-refractivity contribution in [2.24, 2.45) is 5.73 Å². The third-order valence-corrected chi connectivity index (χ3v) is 2.72. The molecule has 0 atom stereocenters. The van der Waals surface area contributed by atoms with Gasteiger partial charge >= 0.3 is 0 Å². The second-order valence-electron chi connectivity index (χ2n) is 3.66. The molecule has 0 fully saturated rings. The van der Waals surface area contributed by atoms with E-state index in [-0.39, 0.29) is 12.4 Å². The van der Waals surface area contributed by atoms with Gasteiger partial charge in [-0.1, -0.05) is 12.1 Å². The van der Waals surface area contributed by atoms with Gasteiger partial charge in [-0.2, -0.15) is 0 Å². The van der Waals surface area contributed by atoms with E-state index in [9.17, 15) is 4.79 Å². The van der Waals surface area contributed by atoms with E-state index >= 15 is 0 Å². The lowest BCUT2D eigenvalue weighted by Gasteiger charge is -2.06. The smallest absolute Gasteiger partial charge is 0.237 e. The lowest BCUT2D eigenvalue weighted by atomic mass is 10.2. The Kier molecular flexibility index (Phi) is 2.83. The molecule has 1 aromatic heterocycles. The Bertz CT molecular complexity index is 547. The minimum Gasteiger partial charge on any atom is -0.368 e. The number of para-hydroxylation sites is 1. The van der Waals surface area contributed by atoms with Gasteiger partial charge in [-0.15, -0.1) is 11.6 Å². The maximum absolute atomic E-state index is 11.0. The van der Waals surface area contributed by atoms with Crippen LogP contribution in [0.15, 0.2) is 18.2 Å². The molecule has 0 spiro atoms. The normalized spacial score (nSPS) is 10.9. The highest BCUT2D eigenvalue weighted by Gasteiger charge is 2.12. The molecule has 0 unspecified atom stereocenters. The van der Waals surface area contributed by atoms with Crippen molar-refractivity contribution in [2.45, 2.75) is 19.3 Å². The van der Waals surface area contributed by atoms with E-state index in [1.54, 1.807) is 4.57 Å². The summed E-state index contributed by atoms with van der Waals surface area (Å²) >= 11 is 5.80. The molecule has 2 aromatic rings. The monoisotopic (exact) mass is 237 g/mol. The average Bonchev–Trinajstić information content (AvgIpc) is 2.57. The summed E-state index contributed by atoms with van der Waals surface area (Å²) in [7, 11) is 0. The molecule has 0 saturated heterocycles. The molecule has 0 aliphatic rings. The highest BCUT2D eigenvalue weighted by Crippen LogP contribution is 2.20. The fraction of sp³-hybridized carbons (Fsp3) is 0.273. The standard InChI is InChI=1S/C11H12ClN3O/c1-7-3-2-4-8-11(7)15(6-9(13)16)10(5-12)14-8/h2-4H,5-6H2,1H3,(H2,13,16).